The zero-order valence-electron chi connectivity index (χ0n) is 12.0. The van der Waals surface area contributed by atoms with Gasteiger partial charge in [0.25, 0.3) is 0 Å². The van der Waals surface area contributed by atoms with Crippen molar-refractivity contribution in [1.29, 1.82) is 0 Å². The molecular formula is C14H23F2N3. The molecular weight excluding hydrogens is 248 g/mol. The molecule has 0 amide bonds. The van der Waals surface area contributed by atoms with E-state index in [1.54, 1.807) is 6.07 Å². The highest BCUT2D eigenvalue weighted by atomic mass is 19.2. The molecule has 0 heterocycles. The van der Waals surface area contributed by atoms with Crippen LogP contribution in [0.5, 0.6) is 0 Å². The number of rotatable bonds is 6. The van der Waals surface area contributed by atoms with Crippen molar-refractivity contribution in [3.63, 3.8) is 0 Å². The molecule has 0 bridgehead atoms. The molecule has 1 aromatic rings. The Bertz CT molecular complexity index is 417. The van der Waals surface area contributed by atoms with Crippen LogP contribution in [0.25, 0.3) is 0 Å². The topological polar surface area (TPSA) is 41.3 Å². The van der Waals surface area contributed by atoms with Gasteiger partial charge in [0.1, 0.15) is 0 Å². The smallest absolute Gasteiger partial charge is 0.163 e. The minimum atomic E-state index is -0.849. The van der Waals surface area contributed by atoms with Gasteiger partial charge in [0.2, 0.25) is 0 Å². The van der Waals surface area contributed by atoms with E-state index in [0.717, 1.165) is 18.9 Å². The van der Waals surface area contributed by atoms with Crippen LogP contribution in [0.1, 0.15) is 38.3 Å². The molecule has 1 unspecified atom stereocenters. The summed E-state index contributed by atoms with van der Waals surface area (Å²) in [6.07, 6.45) is 1.53. The van der Waals surface area contributed by atoms with Gasteiger partial charge in [0.05, 0.1) is 6.04 Å². The first-order valence-electron chi connectivity index (χ1n) is 6.52. The number of hydrogen-bond donors (Lipinski definition) is 2. The maximum absolute atomic E-state index is 14.0. The fraction of sp³-hybridized carbons (Fsp3) is 0.571. The minimum Gasteiger partial charge on any atom is -0.302 e. The lowest BCUT2D eigenvalue weighted by molar-refractivity contribution is 0.0862. The third-order valence-corrected chi connectivity index (χ3v) is 4.11. The van der Waals surface area contributed by atoms with E-state index in [1.165, 1.54) is 6.07 Å². The van der Waals surface area contributed by atoms with Crippen LogP contribution in [0.15, 0.2) is 18.2 Å². The van der Waals surface area contributed by atoms with Crippen LogP contribution >= 0.6 is 0 Å². The first-order valence-corrected chi connectivity index (χ1v) is 6.52. The van der Waals surface area contributed by atoms with E-state index in [1.807, 2.05) is 32.8 Å². The summed E-state index contributed by atoms with van der Waals surface area (Å²) in [7, 11) is 3.85. The largest absolute Gasteiger partial charge is 0.302 e. The number of nitrogens with one attached hydrogen (secondary N) is 1. The summed E-state index contributed by atoms with van der Waals surface area (Å²) in [6, 6.07) is 3.71. The van der Waals surface area contributed by atoms with Gasteiger partial charge in [-0.1, -0.05) is 26.0 Å². The van der Waals surface area contributed by atoms with Crippen molar-refractivity contribution in [3.8, 4) is 0 Å². The maximum atomic E-state index is 14.0. The van der Waals surface area contributed by atoms with Crippen molar-refractivity contribution in [1.82, 2.24) is 10.3 Å². The lowest BCUT2D eigenvalue weighted by Crippen LogP contribution is -2.55. The molecule has 0 aliphatic carbocycles. The number of halogens is 2. The predicted octanol–water partition coefficient (Wildman–Crippen LogP) is 2.59. The highest BCUT2D eigenvalue weighted by Gasteiger charge is 2.39. The number of benzene rings is 1. The van der Waals surface area contributed by atoms with Crippen LogP contribution in [0.4, 0.5) is 8.78 Å². The molecule has 1 rings (SSSR count). The second kappa shape index (κ2) is 6.41. The second-order valence-electron chi connectivity index (χ2n) is 4.95. The molecule has 1 atom stereocenters. The van der Waals surface area contributed by atoms with Crippen LogP contribution < -0.4 is 11.3 Å². The Morgan fingerprint density at radius 2 is 1.84 bits per heavy atom. The average Bonchev–Trinajstić information content (AvgIpc) is 2.39. The molecule has 0 radical (unpaired) electrons. The van der Waals surface area contributed by atoms with Gasteiger partial charge >= 0.3 is 0 Å². The van der Waals surface area contributed by atoms with E-state index in [0.29, 0.717) is 0 Å². The van der Waals surface area contributed by atoms with Gasteiger partial charge in [-0.25, -0.2) is 8.78 Å². The summed E-state index contributed by atoms with van der Waals surface area (Å²) in [5, 5.41) is 0. The van der Waals surface area contributed by atoms with E-state index in [2.05, 4.69) is 5.43 Å². The summed E-state index contributed by atoms with van der Waals surface area (Å²) < 4.78 is 27.4. The first-order chi connectivity index (χ1) is 8.94. The molecule has 19 heavy (non-hydrogen) atoms. The van der Waals surface area contributed by atoms with Crippen molar-refractivity contribution in [3.05, 3.63) is 35.4 Å². The Hall–Kier alpha value is -1.04. The van der Waals surface area contributed by atoms with Crippen molar-refractivity contribution in [2.45, 2.75) is 38.3 Å². The van der Waals surface area contributed by atoms with E-state index >= 15 is 0 Å². The van der Waals surface area contributed by atoms with Gasteiger partial charge in [-0.3, -0.25) is 11.3 Å². The Balaban J connectivity index is 3.36. The second-order valence-corrected chi connectivity index (χ2v) is 4.95. The Kier molecular flexibility index (Phi) is 5.40. The molecule has 0 fully saturated rings. The van der Waals surface area contributed by atoms with Gasteiger partial charge in [0, 0.05) is 11.1 Å². The molecule has 108 valence electrons. The zero-order valence-corrected chi connectivity index (χ0v) is 12.0. The summed E-state index contributed by atoms with van der Waals surface area (Å²) in [5.74, 6) is 3.95. The normalized spacial score (nSPS) is 13.9. The molecule has 0 saturated heterocycles. The van der Waals surface area contributed by atoms with E-state index in [9.17, 15) is 8.78 Å². The maximum Gasteiger partial charge on any atom is 0.163 e. The summed E-state index contributed by atoms with van der Waals surface area (Å²) in [4.78, 5) is 2.02. The van der Waals surface area contributed by atoms with Crippen molar-refractivity contribution in [2.75, 3.05) is 14.1 Å². The van der Waals surface area contributed by atoms with Gasteiger partial charge in [-0.05, 0) is 33.0 Å². The molecule has 0 aromatic heterocycles. The number of hydrazine groups is 1. The molecule has 0 saturated carbocycles. The molecule has 3 nitrogen and oxygen atoms in total. The molecule has 3 N–H and O–H groups in total. The van der Waals surface area contributed by atoms with Crippen molar-refractivity contribution in [2.24, 2.45) is 5.84 Å². The van der Waals surface area contributed by atoms with Crippen LogP contribution in [0, 0.1) is 11.6 Å². The highest BCUT2D eigenvalue weighted by Crippen LogP contribution is 2.36. The first kappa shape index (κ1) is 16.0. The Morgan fingerprint density at radius 3 is 2.26 bits per heavy atom. The minimum absolute atomic E-state index is 0.264. The molecule has 0 aliphatic heterocycles. The van der Waals surface area contributed by atoms with Crippen LogP contribution in [0.3, 0.4) is 0 Å². The molecule has 0 spiro atoms. The van der Waals surface area contributed by atoms with Crippen LogP contribution in [-0.4, -0.2) is 24.5 Å². The highest BCUT2D eigenvalue weighted by molar-refractivity contribution is 5.26. The number of nitrogens with two attached hydrogens (primary N) is 1. The SMILES string of the molecule is CCC(CC)(C(NN)c1cccc(F)c1F)N(C)C. The fourth-order valence-electron chi connectivity index (χ4n) is 2.83. The Morgan fingerprint density at radius 1 is 1.26 bits per heavy atom. The Labute approximate surface area is 113 Å². The number of nitrogens with zero attached hydrogens (tertiary/aromatic N) is 1. The number of hydrogen-bond acceptors (Lipinski definition) is 3. The standard InChI is InChI=1S/C14H23F2N3/c1-5-14(6-2,19(3)4)13(18-17)10-8-7-9-11(15)12(10)16/h7-9,13,18H,5-6,17H2,1-4H3. The van der Waals surface area contributed by atoms with Gasteiger partial charge in [-0.2, -0.15) is 0 Å². The third kappa shape index (κ3) is 2.78. The number of likely N-dealkylation sites (N-methyl/N-ethyl adjacent to an activating group) is 1. The lowest BCUT2D eigenvalue weighted by atomic mass is 9.79. The molecule has 1 aromatic carbocycles. The zero-order chi connectivity index (χ0) is 14.6. The molecule has 0 aliphatic rings. The van der Waals surface area contributed by atoms with E-state index < -0.39 is 17.7 Å². The summed E-state index contributed by atoms with van der Waals surface area (Å²) in [5.41, 5.74) is 2.55. The summed E-state index contributed by atoms with van der Waals surface area (Å²) >= 11 is 0. The van der Waals surface area contributed by atoms with Gasteiger partial charge < -0.3 is 4.90 Å². The summed E-state index contributed by atoms with van der Waals surface area (Å²) in [6.45, 7) is 4.04. The average molecular weight is 271 g/mol. The van der Waals surface area contributed by atoms with Gasteiger partial charge in [-0.15, -0.1) is 0 Å². The monoisotopic (exact) mass is 271 g/mol. The van der Waals surface area contributed by atoms with Crippen molar-refractivity contribution < 1.29 is 8.78 Å². The predicted molar refractivity (Wildman–Crippen MR) is 73.4 cm³/mol. The van der Waals surface area contributed by atoms with Crippen LogP contribution in [-0.2, 0) is 0 Å². The molecule has 5 heteroatoms. The fourth-order valence-corrected chi connectivity index (χ4v) is 2.83. The lowest BCUT2D eigenvalue weighted by Gasteiger charge is -2.45. The quantitative estimate of drug-likeness (QED) is 0.617. The third-order valence-electron chi connectivity index (χ3n) is 4.11. The van der Waals surface area contributed by atoms with Crippen molar-refractivity contribution >= 4 is 0 Å². The van der Waals surface area contributed by atoms with Crippen LogP contribution in [0.2, 0.25) is 0 Å². The van der Waals surface area contributed by atoms with Gasteiger partial charge in [0.15, 0.2) is 11.6 Å². The van der Waals surface area contributed by atoms with E-state index in [-0.39, 0.29) is 11.1 Å². The van der Waals surface area contributed by atoms with E-state index in [4.69, 9.17) is 5.84 Å².